The van der Waals surface area contributed by atoms with Crippen LogP contribution in [0.25, 0.3) is 0 Å². The Hall–Kier alpha value is -1.15. The second-order valence-corrected chi connectivity index (χ2v) is 3.48. The summed E-state index contributed by atoms with van der Waals surface area (Å²) in [5.41, 5.74) is 0. The van der Waals surface area contributed by atoms with Crippen LogP contribution >= 0.6 is 0 Å². The number of nitrogens with one attached hydrogen (secondary N) is 1. The van der Waals surface area contributed by atoms with Crippen LogP contribution in [-0.2, 0) is 9.59 Å². The molecule has 1 N–H and O–H groups in total. The first-order chi connectivity index (χ1) is 6.68. The van der Waals surface area contributed by atoms with Crippen LogP contribution in [0.1, 0.15) is 33.1 Å². The van der Waals surface area contributed by atoms with Crippen LogP contribution < -0.4 is 5.32 Å². The van der Waals surface area contributed by atoms with Crippen molar-refractivity contribution in [2.24, 2.45) is 10.9 Å². The minimum absolute atomic E-state index is 0.0506. The van der Waals surface area contributed by atoms with E-state index < -0.39 is 0 Å². The molecule has 0 rings (SSSR count). The van der Waals surface area contributed by atoms with Crippen molar-refractivity contribution in [3.63, 3.8) is 0 Å². The first-order valence-electron chi connectivity index (χ1n) is 5.00. The van der Waals surface area contributed by atoms with Crippen molar-refractivity contribution in [1.82, 2.24) is 5.32 Å². The van der Waals surface area contributed by atoms with Crippen molar-refractivity contribution in [3.8, 4) is 0 Å². The number of carbonyl (C=O) groups excluding carboxylic acids is 2. The zero-order valence-electron chi connectivity index (χ0n) is 8.88. The summed E-state index contributed by atoms with van der Waals surface area (Å²) < 4.78 is 0. The third-order valence-electron chi connectivity index (χ3n) is 1.83. The van der Waals surface area contributed by atoms with Crippen LogP contribution in [0.3, 0.4) is 0 Å². The molecular formula is C10H18N2O2. The van der Waals surface area contributed by atoms with E-state index in [1.54, 1.807) is 0 Å². The van der Waals surface area contributed by atoms with Gasteiger partial charge in [-0.05, 0) is 19.3 Å². The van der Waals surface area contributed by atoms with Gasteiger partial charge in [0.2, 0.25) is 12.0 Å². The number of aliphatic imine (C=N–C) groups is 1. The van der Waals surface area contributed by atoms with Crippen LogP contribution in [0.2, 0.25) is 0 Å². The molecule has 0 heterocycles. The summed E-state index contributed by atoms with van der Waals surface area (Å²) in [6.07, 6.45) is 4.29. The van der Waals surface area contributed by atoms with Gasteiger partial charge in [0.1, 0.15) is 0 Å². The molecule has 0 spiro atoms. The van der Waals surface area contributed by atoms with Crippen LogP contribution in [0.5, 0.6) is 0 Å². The smallest absolute Gasteiger partial charge is 0.234 e. The predicted octanol–water partition coefficient (Wildman–Crippen LogP) is 1.26. The number of unbranched alkanes of at least 4 members (excludes halogenated alkanes) is 2. The molecule has 4 heteroatoms. The molecular weight excluding hydrogens is 180 g/mol. The second kappa shape index (κ2) is 8.45. The van der Waals surface area contributed by atoms with Crippen LogP contribution in [0, 0.1) is 5.92 Å². The number of hydrogen-bond acceptors (Lipinski definition) is 3. The molecule has 0 aromatic heterocycles. The highest BCUT2D eigenvalue weighted by atomic mass is 16.1. The molecule has 4 nitrogen and oxygen atoms in total. The van der Waals surface area contributed by atoms with E-state index in [0.29, 0.717) is 13.1 Å². The van der Waals surface area contributed by atoms with Gasteiger partial charge in [-0.3, -0.25) is 4.79 Å². The Morgan fingerprint density at radius 3 is 2.64 bits per heavy atom. The van der Waals surface area contributed by atoms with Gasteiger partial charge in [-0.15, -0.1) is 0 Å². The third kappa shape index (κ3) is 7.50. The lowest BCUT2D eigenvalue weighted by Gasteiger charge is -2.06. The topological polar surface area (TPSA) is 58.5 Å². The summed E-state index contributed by atoms with van der Waals surface area (Å²) in [5.74, 6) is 0.144. The van der Waals surface area contributed by atoms with Gasteiger partial charge in [0, 0.05) is 12.5 Å². The fraction of sp³-hybridized carbons (Fsp3) is 0.800. The summed E-state index contributed by atoms with van der Waals surface area (Å²) in [6, 6.07) is 0. The maximum absolute atomic E-state index is 11.1. The molecule has 0 bridgehead atoms. The zero-order valence-corrected chi connectivity index (χ0v) is 8.88. The lowest BCUT2D eigenvalue weighted by Crippen LogP contribution is -2.28. The molecule has 0 fully saturated rings. The molecule has 0 radical (unpaired) electrons. The van der Waals surface area contributed by atoms with Gasteiger partial charge < -0.3 is 5.32 Å². The number of rotatable bonds is 7. The van der Waals surface area contributed by atoms with Crippen molar-refractivity contribution in [2.75, 3.05) is 13.1 Å². The highest BCUT2D eigenvalue weighted by Gasteiger charge is 2.04. The van der Waals surface area contributed by atoms with Crippen molar-refractivity contribution in [3.05, 3.63) is 0 Å². The van der Waals surface area contributed by atoms with E-state index in [1.165, 1.54) is 6.08 Å². The van der Waals surface area contributed by atoms with E-state index in [9.17, 15) is 9.59 Å². The molecule has 14 heavy (non-hydrogen) atoms. The molecule has 0 saturated heterocycles. The molecule has 0 aliphatic carbocycles. The molecule has 0 aromatic carbocycles. The van der Waals surface area contributed by atoms with Crippen LogP contribution in [0.15, 0.2) is 4.99 Å². The Bertz CT molecular complexity index is 208. The van der Waals surface area contributed by atoms with Crippen LogP contribution in [0.4, 0.5) is 0 Å². The predicted molar refractivity (Wildman–Crippen MR) is 54.7 cm³/mol. The standard InChI is InChI=1S/C10H18N2O2/c1-9(2)10(14)12-7-5-3-4-6-11-8-13/h9H,3-7H2,1-2H3,(H,12,14). The van der Waals surface area contributed by atoms with Gasteiger partial charge in [0.15, 0.2) is 0 Å². The number of isocyanates is 1. The molecule has 1 amide bonds. The fourth-order valence-electron chi connectivity index (χ4n) is 0.954. The minimum Gasteiger partial charge on any atom is -0.356 e. The van der Waals surface area contributed by atoms with E-state index >= 15 is 0 Å². The van der Waals surface area contributed by atoms with E-state index in [0.717, 1.165) is 19.3 Å². The van der Waals surface area contributed by atoms with Gasteiger partial charge in [-0.25, -0.2) is 9.79 Å². The lowest BCUT2D eigenvalue weighted by atomic mass is 10.2. The fourth-order valence-corrected chi connectivity index (χ4v) is 0.954. The first-order valence-corrected chi connectivity index (χ1v) is 5.00. The van der Waals surface area contributed by atoms with Gasteiger partial charge in [0.05, 0.1) is 6.54 Å². The maximum Gasteiger partial charge on any atom is 0.234 e. The Morgan fingerprint density at radius 1 is 1.36 bits per heavy atom. The Morgan fingerprint density at radius 2 is 2.07 bits per heavy atom. The zero-order chi connectivity index (χ0) is 10.8. The van der Waals surface area contributed by atoms with Crippen molar-refractivity contribution < 1.29 is 9.59 Å². The Balaban J connectivity index is 3.21. The third-order valence-corrected chi connectivity index (χ3v) is 1.83. The molecule has 0 aliphatic heterocycles. The minimum atomic E-state index is 0.0506. The Kier molecular flexibility index (Phi) is 7.75. The van der Waals surface area contributed by atoms with Gasteiger partial charge in [-0.1, -0.05) is 13.8 Å². The SMILES string of the molecule is CC(C)C(=O)NCCCCCN=C=O. The lowest BCUT2D eigenvalue weighted by molar-refractivity contribution is -0.123. The van der Waals surface area contributed by atoms with E-state index in [-0.39, 0.29) is 11.8 Å². The van der Waals surface area contributed by atoms with Gasteiger partial charge in [-0.2, -0.15) is 0 Å². The van der Waals surface area contributed by atoms with Crippen molar-refractivity contribution >= 4 is 12.0 Å². The summed E-state index contributed by atoms with van der Waals surface area (Å²) in [7, 11) is 0. The Labute approximate surface area is 84.8 Å². The number of carbonyl (C=O) groups is 1. The molecule has 0 unspecified atom stereocenters. The molecule has 0 atom stereocenters. The largest absolute Gasteiger partial charge is 0.356 e. The van der Waals surface area contributed by atoms with Crippen molar-refractivity contribution in [1.29, 1.82) is 0 Å². The molecule has 0 aliphatic rings. The van der Waals surface area contributed by atoms with E-state index in [1.807, 2.05) is 13.8 Å². The number of amides is 1. The second-order valence-electron chi connectivity index (χ2n) is 3.48. The first kappa shape index (κ1) is 12.8. The molecule has 0 saturated carbocycles. The average molecular weight is 198 g/mol. The normalized spacial score (nSPS) is 9.64. The highest BCUT2D eigenvalue weighted by molar-refractivity contribution is 5.77. The summed E-state index contributed by atoms with van der Waals surface area (Å²) in [5, 5.41) is 2.83. The summed E-state index contributed by atoms with van der Waals surface area (Å²) in [4.78, 5) is 24.2. The monoisotopic (exact) mass is 198 g/mol. The van der Waals surface area contributed by atoms with Gasteiger partial charge in [0.25, 0.3) is 0 Å². The summed E-state index contributed by atoms with van der Waals surface area (Å²) in [6.45, 7) is 4.99. The maximum atomic E-state index is 11.1. The average Bonchev–Trinajstić information content (AvgIpc) is 2.16. The van der Waals surface area contributed by atoms with Crippen molar-refractivity contribution in [2.45, 2.75) is 33.1 Å². The molecule has 0 aromatic rings. The number of nitrogens with zero attached hydrogens (tertiary/aromatic N) is 1. The summed E-state index contributed by atoms with van der Waals surface area (Å²) >= 11 is 0. The highest BCUT2D eigenvalue weighted by Crippen LogP contribution is 1.95. The van der Waals surface area contributed by atoms with E-state index in [4.69, 9.17) is 0 Å². The van der Waals surface area contributed by atoms with Gasteiger partial charge >= 0.3 is 0 Å². The quantitative estimate of drug-likeness (QED) is 0.380. The van der Waals surface area contributed by atoms with Crippen LogP contribution in [-0.4, -0.2) is 25.1 Å². The number of hydrogen-bond donors (Lipinski definition) is 1. The molecule has 80 valence electrons. The van der Waals surface area contributed by atoms with E-state index in [2.05, 4.69) is 10.3 Å².